The molecule has 0 aliphatic rings. The van der Waals surface area contributed by atoms with E-state index in [2.05, 4.69) is 11.8 Å². The van der Waals surface area contributed by atoms with E-state index in [4.69, 9.17) is 5.11 Å². The first-order chi connectivity index (χ1) is 6.95. The number of pyridine rings is 1. The van der Waals surface area contributed by atoms with Crippen LogP contribution in [0.25, 0.3) is 0 Å². The largest absolute Gasteiger partial charge is 0.421 e. The van der Waals surface area contributed by atoms with Crippen LogP contribution < -0.4 is 5.56 Å². The van der Waals surface area contributed by atoms with Crippen LogP contribution in [0, 0.1) is 11.8 Å². The Morgan fingerprint density at radius 3 is 2.67 bits per heavy atom. The van der Waals surface area contributed by atoms with E-state index in [1.807, 2.05) is 4.98 Å². The Morgan fingerprint density at radius 2 is 2.13 bits per heavy atom. The predicted octanol–water partition coefficient (Wildman–Crippen LogP) is 0.738. The van der Waals surface area contributed by atoms with Gasteiger partial charge >= 0.3 is 6.18 Å². The zero-order chi connectivity index (χ0) is 11.5. The molecule has 1 rings (SSSR count). The molecule has 0 amide bonds. The lowest BCUT2D eigenvalue weighted by Gasteiger charge is -2.04. The second kappa shape index (κ2) is 4.19. The van der Waals surface area contributed by atoms with Gasteiger partial charge < -0.3 is 10.1 Å². The molecule has 0 aliphatic carbocycles. The summed E-state index contributed by atoms with van der Waals surface area (Å²) >= 11 is 0. The van der Waals surface area contributed by atoms with Gasteiger partial charge in [-0.2, -0.15) is 13.2 Å². The minimum Gasteiger partial charge on any atom is -0.384 e. The molecule has 2 N–H and O–H groups in total. The molecule has 1 heterocycles. The molecule has 15 heavy (non-hydrogen) atoms. The number of aliphatic hydroxyl groups excluding tert-OH is 1. The summed E-state index contributed by atoms with van der Waals surface area (Å²) in [6, 6.07) is 0.640. The number of aliphatic hydroxyl groups is 1. The van der Waals surface area contributed by atoms with Crippen molar-refractivity contribution in [2.75, 3.05) is 6.61 Å². The van der Waals surface area contributed by atoms with Crippen molar-refractivity contribution >= 4 is 0 Å². The van der Waals surface area contributed by atoms with Gasteiger partial charge in [0.2, 0.25) is 0 Å². The number of hydrogen-bond donors (Lipinski definition) is 2. The predicted molar refractivity (Wildman–Crippen MR) is 46.0 cm³/mol. The van der Waals surface area contributed by atoms with Gasteiger partial charge in [-0.1, -0.05) is 11.8 Å². The van der Waals surface area contributed by atoms with E-state index in [1.165, 1.54) is 0 Å². The molecule has 0 fully saturated rings. The summed E-state index contributed by atoms with van der Waals surface area (Å²) in [6.07, 6.45) is -3.65. The van der Waals surface area contributed by atoms with Gasteiger partial charge in [0.15, 0.2) is 0 Å². The van der Waals surface area contributed by atoms with Crippen LogP contribution in [0.1, 0.15) is 11.1 Å². The Morgan fingerprint density at radius 1 is 1.47 bits per heavy atom. The summed E-state index contributed by atoms with van der Waals surface area (Å²) in [4.78, 5) is 12.7. The third kappa shape index (κ3) is 2.86. The molecule has 0 unspecified atom stereocenters. The number of halogens is 3. The summed E-state index contributed by atoms with van der Waals surface area (Å²) in [5.74, 6) is 4.44. The van der Waals surface area contributed by atoms with Crippen molar-refractivity contribution in [1.82, 2.24) is 4.98 Å². The molecular weight excluding hydrogens is 211 g/mol. The molecule has 1 aromatic rings. The van der Waals surface area contributed by atoms with Crippen LogP contribution in [0.4, 0.5) is 13.2 Å². The molecule has 0 atom stereocenters. The summed E-state index contributed by atoms with van der Waals surface area (Å²) < 4.78 is 36.7. The minimum atomic E-state index is -4.70. The number of alkyl halides is 3. The fourth-order valence-electron chi connectivity index (χ4n) is 0.908. The quantitative estimate of drug-likeness (QED) is 0.629. The Balaban J connectivity index is 3.23. The lowest BCUT2D eigenvalue weighted by atomic mass is 10.2. The van der Waals surface area contributed by atoms with Crippen LogP contribution >= 0.6 is 0 Å². The van der Waals surface area contributed by atoms with Gasteiger partial charge in [-0.05, 0) is 6.07 Å². The number of H-pyrrole nitrogens is 1. The molecule has 0 saturated carbocycles. The molecule has 0 radical (unpaired) electrons. The van der Waals surface area contributed by atoms with Gasteiger partial charge in [0.1, 0.15) is 12.2 Å². The SMILES string of the molecule is O=c1[nH]cc(C#CCO)cc1C(F)(F)F. The monoisotopic (exact) mass is 217 g/mol. The summed E-state index contributed by atoms with van der Waals surface area (Å²) in [5, 5.41) is 8.34. The fraction of sp³-hybridized carbons (Fsp3) is 0.222. The van der Waals surface area contributed by atoms with Crippen molar-refractivity contribution in [1.29, 1.82) is 0 Å². The zero-order valence-electron chi connectivity index (χ0n) is 7.35. The highest BCUT2D eigenvalue weighted by molar-refractivity contribution is 5.35. The van der Waals surface area contributed by atoms with Crippen molar-refractivity contribution in [2.45, 2.75) is 6.18 Å². The minimum absolute atomic E-state index is 0.00373. The van der Waals surface area contributed by atoms with E-state index in [-0.39, 0.29) is 5.56 Å². The van der Waals surface area contributed by atoms with E-state index >= 15 is 0 Å². The first-order valence-electron chi connectivity index (χ1n) is 3.85. The van der Waals surface area contributed by atoms with Crippen LogP contribution in [-0.2, 0) is 6.18 Å². The van der Waals surface area contributed by atoms with Gasteiger partial charge in [0.05, 0.1) is 0 Å². The maximum atomic E-state index is 12.2. The van der Waals surface area contributed by atoms with Crippen molar-refractivity contribution in [3.05, 3.63) is 33.7 Å². The normalized spacial score (nSPS) is 10.7. The van der Waals surface area contributed by atoms with Crippen molar-refractivity contribution in [3.63, 3.8) is 0 Å². The maximum absolute atomic E-state index is 12.2. The highest BCUT2D eigenvalue weighted by atomic mass is 19.4. The third-order valence-electron chi connectivity index (χ3n) is 1.52. The average Bonchev–Trinajstić information content (AvgIpc) is 2.15. The number of rotatable bonds is 0. The van der Waals surface area contributed by atoms with Crippen molar-refractivity contribution in [2.24, 2.45) is 0 Å². The number of nitrogens with one attached hydrogen (secondary N) is 1. The molecule has 0 spiro atoms. The van der Waals surface area contributed by atoms with E-state index in [0.29, 0.717) is 6.07 Å². The average molecular weight is 217 g/mol. The molecule has 0 saturated heterocycles. The van der Waals surface area contributed by atoms with Crippen LogP contribution in [0.5, 0.6) is 0 Å². The van der Waals surface area contributed by atoms with Gasteiger partial charge in [-0.25, -0.2) is 0 Å². The Kier molecular flexibility index (Phi) is 3.17. The Hall–Kier alpha value is -1.74. The Bertz CT molecular complexity index is 465. The van der Waals surface area contributed by atoms with Crippen LogP contribution in [0.3, 0.4) is 0 Å². The van der Waals surface area contributed by atoms with Gasteiger partial charge in [0, 0.05) is 11.8 Å². The summed E-state index contributed by atoms with van der Waals surface area (Å²) in [7, 11) is 0. The van der Waals surface area contributed by atoms with E-state index in [1.54, 1.807) is 0 Å². The topological polar surface area (TPSA) is 53.1 Å². The molecule has 0 aliphatic heterocycles. The lowest BCUT2D eigenvalue weighted by Crippen LogP contribution is -2.21. The fourth-order valence-corrected chi connectivity index (χ4v) is 0.908. The van der Waals surface area contributed by atoms with Crippen LogP contribution in [0.15, 0.2) is 17.1 Å². The third-order valence-corrected chi connectivity index (χ3v) is 1.52. The van der Waals surface area contributed by atoms with Crippen LogP contribution in [0.2, 0.25) is 0 Å². The number of aromatic amines is 1. The Labute approximate surface area is 82.6 Å². The molecular formula is C9H6F3NO2. The van der Waals surface area contributed by atoms with Crippen molar-refractivity contribution < 1.29 is 18.3 Å². The molecule has 0 bridgehead atoms. The van der Waals surface area contributed by atoms with E-state index in [0.717, 1.165) is 6.20 Å². The van der Waals surface area contributed by atoms with Gasteiger partial charge in [0.25, 0.3) is 5.56 Å². The second-order valence-electron chi connectivity index (χ2n) is 2.59. The maximum Gasteiger partial charge on any atom is 0.421 e. The van der Waals surface area contributed by atoms with E-state index in [9.17, 15) is 18.0 Å². The summed E-state index contributed by atoms with van der Waals surface area (Å²) in [6.45, 7) is -0.458. The standard InChI is InChI=1S/C9H6F3NO2/c10-9(11,12)7-4-6(2-1-3-14)5-13-8(7)15/h4-5,14H,3H2,(H,13,15). The highest BCUT2D eigenvalue weighted by Crippen LogP contribution is 2.26. The number of hydrogen-bond acceptors (Lipinski definition) is 2. The van der Waals surface area contributed by atoms with Gasteiger partial charge in [-0.3, -0.25) is 4.79 Å². The van der Waals surface area contributed by atoms with Crippen LogP contribution in [-0.4, -0.2) is 16.7 Å². The van der Waals surface area contributed by atoms with E-state index < -0.39 is 23.9 Å². The molecule has 0 aromatic carbocycles. The lowest BCUT2D eigenvalue weighted by molar-refractivity contribution is -0.138. The molecule has 6 heteroatoms. The smallest absolute Gasteiger partial charge is 0.384 e. The zero-order valence-corrected chi connectivity index (χ0v) is 7.35. The highest BCUT2D eigenvalue weighted by Gasteiger charge is 2.33. The first-order valence-corrected chi connectivity index (χ1v) is 3.85. The first kappa shape index (κ1) is 11.3. The number of aromatic nitrogens is 1. The summed E-state index contributed by atoms with van der Waals surface area (Å²) in [5.41, 5.74) is -2.51. The molecule has 3 nitrogen and oxygen atoms in total. The van der Waals surface area contributed by atoms with Crippen molar-refractivity contribution in [3.8, 4) is 11.8 Å². The molecule has 1 aromatic heterocycles. The molecule has 80 valence electrons. The van der Waals surface area contributed by atoms with Gasteiger partial charge in [-0.15, -0.1) is 0 Å². The second-order valence-corrected chi connectivity index (χ2v) is 2.59.